The third kappa shape index (κ3) is 4.62. The fourth-order valence-corrected chi connectivity index (χ4v) is 4.11. The van der Waals surface area contributed by atoms with E-state index < -0.39 is 9.84 Å². The van der Waals surface area contributed by atoms with Crippen LogP contribution in [-0.4, -0.2) is 38.6 Å². The van der Waals surface area contributed by atoms with Crippen molar-refractivity contribution in [1.82, 2.24) is 10.6 Å². The molecule has 0 spiro atoms. The minimum Gasteiger partial charge on any atom is -0.494 e. The van der Waals surface area contributed by atoms with Gasteiger partial charge < -0.3 is 15.4 Å². The number of carbonyl (C=O) groups is 1. The van der Waals surface area contributed by atoms with E-state index in [9.17, 15) is 13.2 Å². The Kier molecular flexibility index (Phi) is 5.28. The zero-order chi connectivity index (χ0) is 16.2. The lowest BCUT2D eigenvalue weighted by Gasteiger charge is -2.17. The van der Waals surface area contributed by atoms with Crippen molar-refractivity contribution in [1.29, 1.82) is 0 Å². The summed E-state index contributed by atoms with van der Waals surface area (Å²) in [6.07, 6.45) is 0.479. The lowest BCUT2D eigenvalue weighted by Crippen LogP contribution is -2.43. The molecule has 22 heavy (non-hydrogen) atoms. The summed E-state index contributed by atoms with van der Waals surface area (Å²) >= 11 is 0. The van der Waals surface area contributed by atoms with Gasteiger partial charge in [0.15, 0.2) is 9.84 Å². The maximum absolute atomic E-state index is 11.9. The largest absolute Gasteiger partial charge is 0.494 e. The predicted molar refractivity (Wildman–Crippen MR) is 84.8 cm³/mol. The molecule has 1 saturated heterocycles. The number of amides is 2. The fourth-order valence-electron chi connectivity index (χ4n) is 2.44. The average Bonchev–Trinajstić information content (AvgIpc) is 2.78. The van der Waals surface area contributed by atoms with Crippen LogP contribution in [0.2, 0.25) is 0 Å². The molecular weight excluding hydrogens is 304 g/mol. The molecule has 0 radical (unpaired) electrons. The van der Waals surface area contributed by atoms with Gasteiger partial charge in [-0.3, -0.25) is 0 Å². The van der Waals surface area contributed by atoms with Crippen molar-refractivity contribution in [2.75, 3.05) is 18.1 Å². The number of rotatable bonds is 5. The molecule has 2 amide bonds. The van der Waals surface area contributed by atoms with Gasteiger partial charge in [0.25, 0.3) is 0 Å². The van der Waals surface area contributed by atoms with E-state index in [1.165, 1.54) is 0 Å². The summed E-state index contributed by atoms with van der Waals surface area (Å²) in [6, 6.07) is 6.71. The van der Waals surface area contributed by atoms with Gasteiger partial charge in [-0.05, 0) is 38.0 Å². The second kappa shape index (κ2) is 7.00. The van der Waals surface area contributed by atoms with Gasteiger partial charge in [0.05, 0.1) is 24.2 Å². The zero-order valence-corrected chi connectivity index (χ0v) is 13.7. The first-order valence-corrected chi connectivity index (χ1v) is 9.22. The standard InChI is InChI=1S/C15H22N2O4S/c1-3-21-14-6-4-12(5-7-14)11(2)16-15(18)17-13-8-9-22(19,20)10-13/h4-7,11,13H,3,8-10H2,1-2H3,(H2,16,17,18). The molecule has 2 unspecified atom stereocenters. The number of carbonyl (C=O) groups excluding carboxylic acids is 1. The van der Waals surface area contributed by atoms with E-state index in [0.717, 1.165) is 11.3 Å². The summed E-state index contributed by atoms with van der Waals surface area (Å²) in [6.45, 7) is 4.41. The summed E-state index contributed by atoms with van der Waals surface area (Å²) < 4.78 is 28.1. The van der Waals surface area contributed by atoms with E-state index in [4.69, 9.17) is 4.74 Å². The highest BCUT2D eigenvalue weighted by atomic mass is 32.2. The minimum absolute atomic E-state index is 0.0256. The van der Waals surface area contributed by atoms with Gasteiger partial charge in [0.1, 0.15) is 5.75 Å². The van der Waals surface area contributed by atoms with Crippen LogP contribution in [0.4, 0.5) is 4.79 Å². The van der Waals surface area contributed by atoms with Crippen LogP contribution < -0.4 is 15.4 Å². The fraction of sp³-hybridized carbons (Fsp3) is 0.533. The molecule has 1 aliphatic rings. The Morgan fingerprint density at radius 3 is 2.59 bits per heavy atom. The maximum Gasteiger partial charge on any atom is 0.315 e. The monoisotopic (exact) mass is 326 g/mol. The van der Waals surface area contributed by atoms with Crippen LogP contribution >= 0.6 is 0 Å². The average molecular weight is 326 g/mol. The van der Waals surface area contributed by atoms with Crippen molar-refractivity contribution in [2.24, 2.45) is 0 Å². The van der Waals surface area contributed by atoms with E-state index in [-0.39, 0.29) is 29.6 Å². The van der Waals surface area contributed by atoms with Crippen LogP contribution in [0.1, 0.15) is 31.9 Å². The molecule has 1 fully saturated rings. The first-order chi connectivity index (χ1) is 10.4. The number of hydrogen-bond donors (Lipinski definition) is 2. The topological polar surface area (TPSA) is 84.5 Å². The maximum atomic E-state index is 11.9. The van der Waals surface area contributed by atoms with Crippen molar-refractivity contribution >= 4 is 15.9 Å². The highest BCUT2D eigenvalue weighted by Crippen LogP contribution is 2.18. The molecule has 1 aliphatic heterocycles. The smallest absolute Gasteiger partial charge is 0.315 e. The van der Waals surface area contributed by atoms with Gasteiger partial charge in [0.2, 0.25) is 0 Å². The molecule has 0 aromatic heterocycles. The molecule has 0 saturated carbocycles. The molecule has 2 N–H and O–H groups in total. The van der Waals surface area contributed by atoms with E-state index in [1.807, 2.05) is 38.1 Å². The molecule has 0 aliphatic carbocycles. The van der Waals surface area contributed by atoms with E-state index >= 15 is 0 Å². The first kappa shape index (κ1) is 16.6. The molecule has 1 aromatic carbocycles. The Bertz CT molecular complexity index is 613. The van der Waals surface area contributed by atoms with Crippen LogP contribution in [0.25, 0.3) is 0 Å². The molecule has 7 heteroatoms. The molecule has 2 atom stereocenters. The second-order valence-electron chi connectivity index (χ2n) is 5.44. The van der Waals surface area contributed by atoms with Crippen LogP contribution in [0.5, 0.6) is 5.75 Å². The number of sulfone groups is 1. The van der Waals surface area contributed by atoms with E-state index in [2.05, 4.69) is 10.6 Å². The quantitative estimate of drug-likeness (QED) is 0.861. The Morgan fingerprint density at radius 1 is 1.36 bits per heavy atom. The van der Waals surface area contributed by atoms with Crippen molar-refractivity contribution < 1.29 is 17.9 Å². The van der Waals surface area contributed by atoms with Gasteiger partial charge in [0, 0.05) is 6.04 Å². The van der Waals surface area contributed by atoms with Crippen molar-refractivity contribution in [3.8, 4) is 5.75 Å². The number of nitrogens with one attached hydrogen (secondary N) is 2. The van der Waals surface area contributed by atoms with Crippen molar-refractivity contribution in [3.63, 3.8) is 0 Å². The van der Waals surface area contributed by atoms with E-state index in [1.54, 1.807) is 0 Å². The molecular formula is C15H22N2O4S. The Balaban J connectivity index is 1.85. The zero-order valence-electron chi connectivity index (χ0n) is 12.8. The summed E-state index contributed by atoms with van der Waals surface area (Å²) in [4.78, 5) is 11.9. The molecule has 1 heterocycles. The van der Waals surface area contributed by atoms with Gasteiger partial charge in [-0.15, -0.1) is 0 Å². The van der Waals surface area contributed by atoms with Gasteiger partial charge in [-0.1, -0.05) is 12.1 Å². The Labute approximate surface area is 131 Å². The number of ether oxygens (including phenoxy) is 1. The highest BCUT2D eigenvalue weighted by molar-refractivity contribution is 7.91. The lowest BCUT2D eigenvalue weighted by atomic mass is 10.1. The lowest BCUT2D eigenvalue weighted by molar-refractivity contribution is 0.235. The van der Waals surface area contributed by atoms with Crippen LogP contribution in [0.15, 0.2) is 24.3 Å². The molecule has 2 rings (SSSR count). The van der Waals surface area contributed by atoms with E-state index in [0.29, 0.717) is 13.0 Å². The van der Waals surface area contributed by atoms with Crippen LogP contribution in [0, 0.1) is 0 Å². The van der Waals surface area contributed by atoms with Gasteiger partial charge in [-0.2, -0.15) is 0 Å². The predicted octanol–water partition coefficient (Wildman–Crippen LogP) is 1.63. The molecule has 1 aromatic rings. The minimum atomic E-state index is -2.99. The summed E-state index contributed by atoms with van der Waals surface area (Å²) in [5, 5.41) is 5.53. The Hall–Kier alpha value is -1.76. The molecule has 122 valence electrons. The number of benzene rings is 1. The second-order valence-corrected chi connectivity index (χ2v) is 7.67. The van der Waals surface area contributed by atoms with Crippen molar-refractivity contribution in [3.05, 3.63) is 29.8 Å². The number of urea groups is 1. The Morgan fingerprint density at radius 2 is 2.05 bits per heavy atom. The summed E-state index contributed by atoms with van der Waals surface area (Å²) in [5.41, 5.74) is 0.956. The van der Waals surface area contributed by atoms with Gasteiger partial charge in [-0.25, -0.2) is 13.2 Å². The van der Waals surface area contributed by atoms with Crippen molar-refractivity contribution in [2.45, 2.75) is 32.4 Å². The third-order valence-electron chi connectivity index (χ3n) is 3.61. The summed E-state index contributed by atoms with van der Waals surface area (Å²) in [5.74, 6) is 0.962. The van der Waals surface area contributed by atoms with Crippen LogP contribution in [-0.2, 0) is 9.84 Å². The first-order valence-electron chi connectivity index (χ1n) is 7.40. The normalized spacial score (nSPS) is 21.1. The summed E-state index contributed by atoms with van der Waals surface area (Å²) in [7, 11) is -2.99. The molecule has 0 bridgehead atoms. The molecule has 6 nitrogen and oxygen atoms in total. The third-order valence-corrected chi connectivity index (χ3v) is 5.37. The number of hydrogen-bond acceptors (Lipinski definition) is 4. The van der Waals surface area contributed by atoms with Crippen LogP contribution in [0.3, 0.4) is 0 Å². The SMILES string of the molecule is CCOc1ccc(C(C)NC(=O)NC2CCS(=O)(=O)C2)cc1. The van der Waals surface area contributed by atoms with Gasteiger partial charge >= 0.3 is 6.03 Å². The highest BCUT2D eigenvalue weighted by Gasteiger charge is 2.29.